The fourth-order valence-electron chi connectivity index (χ4n) is 3.96. The van der Waals surface area contributed by atoms with Gasteiger partial charge in [-0.25, -0.2) is 9.78 Å². The molecule has 0 spiro atoms. The van der Waals surface area contributed by atoms with E-state index in [1.807, 2.05) is 21.9 Å². The lowest BCUT2D eigenvalue weighted by atomic mass is 9.95. The van der Waals surface area contributed by atoms with Gasteiger partial charge < -0.3 is 9.64 Å². The van der Waals surface area contributed by atoms with Crippen LogP contribution in [0.5, 0.6) is 0 Å². The number of cyclic esters (lactones) is 1. The Labute approximate surface area is 172 Å². The topological polar surface area (TPSA) is 62.7 Å². The predicted molar refractivity (Wildman–Crippen MR) is 111 cm³/mol. The summed E-state index contributed by atoms with van der Waals surface area (Å²) >= 11 is 1.64. The van der Waals surface area contributed by atoms with E-state index in [0.29, 0.717) is 31.2 Å². The number of hydrogen-bond donors (Lipinski definition) is 0. The average Bonchev–Trinajstić information content (AvgIpc) is 3.13. The third-order valence-corrected chi connectivity index (χ3v) is 7.05. The quantitative estimate of drug-likeness (QED) is 0.640. The number of hydrogen-bond acceptors (Lipinski definition) is 5. The molecule has 0 radical (unpaired) electrons. The van der Waals surface area contributed by atoms with Crippen molar-refractivity contribution in [2.75, 3.05) is 25.4 Å². The van der Waals surface area contributed by atoms with Crippen LogP contribution in [0.15, 0.2) is 23.4 Å². The van der Waals surface area contributed by atoms with Crippen molar-refractivity contribution in [2.24, 2.45) is 5.92 Å². The van der Waals surface area contributed by atoms with Crippen molar-refractivity contribution >= 4 is 23.8 Å². The molecule has 0 aromatic carbocycles. The van der Waals surface area contributed by atoms with Gasteiger partial charge in [0, 0.05) is 25.3 Å². The van der Waals surface area contributed by atoms with Crippen LogP contribution in [0.3, 0.4) is 0 Å². The number of carbonyl (C=O) groups excluding carboxylic acids is 2. The highest BCUT2D eigenvalue weighted by atomic mass is 32.2. The highest BCUT2D eigenvalue weighted by Crippen LogP contribution is 2.30. The fourth-order valence-corrected chi connectivity index (χ4v) is 4.81. The summed E-state index contributed by atoms with van der Waals surface area (Å²) in [6.07, 6.45) is 5.21. The van der Waals surface area contributed by atoms with Crippen LogP contribution in [-0.4, -0.2) is 64.3 Å². The van der Waals surface area contributed by atoms with Crippen LogP contribution in [0.1, 0.15) is 56.8 Å². The number of aromatic nitrogens is 1. The standard InChI is InChI=1S/C21H31N3O3S/c1-4-13-28-19-17(7-6-10-22-19)20(25)23-11-8-16(9-12-23)24-18(15(3)5-2)14-27-21(24)26/h6-7,10,15-16,18H,4-5,8-9,11-14H2,1-3H3. The zero-order chi connectivity index (χ0) is 20.1. The van der Waals surface area contributed by atoms with Gasteiger partial charge in [0.2, 0.25) is 0 Å². The Balaban J connectivity index is 1.64. The van der Waals surface area contributed by atoms with E-state index in [1.165, 1.54) is 0 Å². The summed E-state index contributed by atoms with van der Waals surface area (Å²) in [4.78, 5) is 33.6. The zero-order valence-corrected chi connectivity index (χ0v) is 17.9. The summed E-state index contributed by atoms with van der Waals surface area (Å²) in [6.45, 7) is 8.25. The summed E-state index contributed by atoms with van der Waals surface area (Å²) in [5.74, 6) is 1.42. The lowest BCUT2D eigenvalue weighted by molar-refractivity contribution is 0.0611. The van der Waals surface area contributed by atoms with E-state index in [-0.39, 0.29) is 24.1 Å². The molecule has 2 saturated heterocycles. The molecule has 0 N–H and O–H groups in total. The van der Waals surface area contributed by atoms with E-state index >= 15 is 0 Å². The molecule has 2 unspecified atom stereocenters. The van der Waals surface area contributed by atoms with Gasteiger partial charge in [-0.2, -0.15) is 0 Å². The molecule has 1 aromatic heterocycles. The van der Waals surface area contributed by atoms with Gasteiger partial charge in [-0.1, -0.05) is 27.2 Å². The first-order chi connectivity index (χ1) is 13.6. The van der Waals surface area contributed by atoms with Crippen LogP contribution < -0.4 is 0 Å². The van der Waals surface area contributed by atoms with Gasteiger partial charge in [0.05, 0.1) is 11.6 Å². The number of nitrogens with zero attached hydrogens (tertiary/aromatic N) is 3. The molecule has 2 amide bonds. The maximum absolute atomic E-state index is 13.1. The number of rotatable bonds is 7. The summed E-state index contributed by atoms with van der Waals surface area (Å²) in [5.41, 5.74) is 0.692. The fraction of sp³-hybridized carbons (Fsp3) is 0.667. The molecule has 7 heteroatoms. The molecule has 154 valence electrons. The first-order valence-electron chi connectivity index (χ1n) is 10.4. The van der Waals surface area contributed by atoms with Crippen LogP contribution >= 0.6 is 11.8 Å². The summed E-state index contributed by atoms with van der Waals surface area (Å²) in [7, 11) is 0. The second-order valence-electron chi connectivity index (χ2n) is 7.67. The Bertz CT molecular complexity index is 691. The zero-order valence-electron chi connectivity index (χ0n) is 17.1. The van der Waals surface area contributed by atoms with E-state index in [9.17, 15) is 9.59 Å². The summed E-state index contributed by atoms with van der Waals surface area (Å²) in [5, 5.41) is 0.816. The van der Waals surface area contributed by atoms with Gasteiger partial charge in [-0.05, 0) is 43.1 Å². The predicted octanol–water partition coefficient (Wildman–Crippen LogP) is 4.06. The largest absolute Gasteiger partial charge is 0.447 e. The van der Waals surface area contributed by atoms with Gasteiger partial charge in [-0.15, -0.1) is 11.8 Å². The van der Waals surface area contributed by atoms with Crippen molar-refractivity contribution < 1.29 is 14.3 Å². The summed E-state index contributed by atoms with van der Waals surface area (Å²) in [6, 6.07) is 4.00. The number of carbonyl (C=O) groups is 2. The monoisotopic (exact) mass is 405 g/mol. The highest BCUT2D eigenvalue weighted by molar-refractivity contribution is 7.99. The lowest BCUT2D eigenvalue weighted by Gasteiger charge is -2.39. The molecule has 0 aliphatic carbocycles. The Hall–Kier alpha value is -1.76. The van der Waals surface area contributed by atoms with Gasteiger partial charge in [-0.3, -0.25) is 9.69 Å². The normalized spacial score (nSPS) is 21.7. The van der Waals surface area contributed by atoms with E-state index in [1.54, 1.807) is 18.0 Å². The van der Waals surface area contributed by atoms with E-state index < -0.39 is 0 Å². The highest BCUT2D eigenvalue weighted by Gasteiger charge is 2.41. The second kappa shape index (κ2) is 9.63. The number of thioether (sulfide) groups is 1. The SMILES string of the molecule is CCCSc1ncccc1C(=O)N1CCC(N2C(=O)OCC2C(C)CC)CC1. The van der Waals surface area contributed by atoms with Crippen LogP contribution in [0, 0.1) is 5.92 Å². The minimum atomic E-state index is -0.194. The molecule has 1 aromatic rings. The molecule has 3 rings (SSSR count). The number of piperidine rings is 1. The molecular weight excluding hydrogens is 374 g/mol. The molecule has 0 saturated carbocycles. The molecule has 2 aliphatic rings. The minimum Gasteiger partial charge on any atom is -0.447 e. The van der Waals surface area contributed by atoms with Gasteiger partial charge in [0.25, 0.3) is 5.91 Å². The average molecular weight is 406 g/mol. The van der Waals surface area contributed by atoms with Gasteiger partial charge >= 0.3 is 6.09 Å². The molecule has 3 heterocycles. The lowest BCUT2D eigenvalue weighted by Crippen LogP contribution is -2.51. The Morgan fingerprint density at radius 3 is 2.79 bits per heavy atom. The van der Waals surface area contributed by atoms with E-state index in [4.69, 9.17) is 4.74 Å². The number of likely N-dealkylation sites (tertiary alicyclic amines) is 1. The Morgan fingerprint density at radius 1 is 1.36 bits per heavy atom. The minimum absolute atomic E-state index is 0.0487. The first kappa shape index (κ1) is 21.0. The van der Waals surface area contributed by atoms with Crippen molar-refractivity contribution in [1.29, 1.82) is 0 Å². The van der Waals surface area contributed by atoms with Crippen molar-refractivity contribution in [1.82, 2.24) is 14.8 Å². The molecule has 6 nitrogen and oxygen atoms in total. The van der Waals surface area contributed by atoms with Crippen LogP contribution in [0.4, 0.5) is 4.79 Å². The first-order valence-corrected chi connectivity index (χ1v) is 11.4. The second-order valence-corrected chi connectivity index (χ2v) is 8.75. The maximum Gasteiger partial charge on any atom is 0.410 e. The third-order valence-electron chi connectivity index (χ3n) is 5.84. The van der Waals surface area contributed by atoms with Gasteiger partial charge in [0.1, 0.15) is 11.6 Å². The molecule has 2 atom stereocenters. The third kappa shape index (κ3) is 4.45. The van der Waals surface area contributed by atoms with Crippen molar-refractivity contribution in [3.05, 3.63) is 23.9 Å². The molecule has 2 aliphatic heterocycles. The summed E-state index contributed by atoms with van der Waals surface area (Å²) < 4.78 is 5.35. The Kier molecular flexibility index (Phi) is 7.21. The van der Waals surface area contributed by atoms with Crippen LogP contribution in [-0.2, 0) is 4.74 Å². The number of pyridine rings is 1. The van der Waals surface area contributed by atoms with E-state index in [0.717, 1.165) is 36.5 Å². The van der Waals surface area contributed by atoms with Crippen molar-refractivity contribution in [2.45, 2.75) is 63.6 Å². The number of amides is 2. The Morgan fingerprint density at radius 2 is 2.11 bits per heavy atom. The number of ether oxygens (including phenoxy) is 1. The molecular formula is C21H31N3O3S. The van der Waals surface area contributed by atoms with E-state index in [2.05, 4.69) is 25.8 Å². The van der Waals surface area contributed by atoms with Gasteiger partial charge in [0.15, 0.2) is 0 Å². The van der Waals surface area contributed by atoms with Crippen molar-refractivity contribution in [3.63, 3.8) is 0 Å². The maximum atomic E-state index is 13.1. The van der Waals surface area contributed by atoms with Crippen LogP contribution in [0.2, 0.25) is 0 Å². The molecule has 28 heavy (non-hydrogen) atoms. The van der Waals surface area contributed by atoms with Crippen LogP contribution in [0.25, 0.3) is 0 Å². The molecule has 2 fully saturated rings. The smallest absolute Gasteiger partial charge is 0.410 e. The molecule has 0 bridgehead atoms. The van der Waals surface area contributed by atoms with Crippen molar-refractivity contribution in [3.8, 4) is 0 Å².